The molecule has 4 nitrogen and oxygen atoms in total. The molecule has 0 aliphatic heterocycles. The van der Waals surface area contributed by atoms with Crippen LogP contribution >= 0.6 is 22.9 Å². The number of thiazole rings is 1. The number of hydrogen-bond donors (Lipinski definition) is 1. The molecule has 25 heavy (non-hydrogen) atoms. The molecule has 0 unspecified atom stereocenters. The molecule has 0 spiro atoms. The van der Waals surface area contributed by atoms with Crippen molar-refractivity contribution in [1.82, 2.24) is 4.98 Å². The molecule has 1 heterocycles. The lowest BCUT2D eigenvalue weighted by Crippen LogP contribution is -2.14. The third kappa shape index (κ3) is 4.13. The van der Waals surface area contributed by atoms with Gasteiger partial charge in [-0.1, -0.05) is 41.9 Å². The molecular formula is C19H15ClN2O2S. The van der Waals surface area contributed by atoms with E-state index in [1.807, 2.05) is 37.3 Å². The Morgan fingerprint density at radius 1 is 1.16 bits per heavy atom. The molecule has 3 aromatic rings. The molecule has 3 rings (SSSR count). The molecule has 0 fully saturated rings. The van der Waals surface area contributed by atoms with E-state index in [0.29, 0.717) is 10.6 Å². The molecule has 0 radical (unpaired) electrons. The number of rotatable bonds is 5. The first-order valence-corrected chi connectivity index (χ1v) is 8.77. The minimum absolute atomic E-state index is 0.0985. The fourth-order valence-electron chi connectivity index (χ4n) is 2.25. The lowest BCUT2D eigenvalue weighted by molar-refractivity contribution is 0.0563. The van der Waals surface area contributed by atoms with Crippen molar-refractivity contribution < 1.29 is 9.53 Å². The second-order valence-electron chi connectivity index (χ2n) is 5.36. The molecule has 0 aliphatic carbocycles. The van der Waals surface area contributed by atoms with Gasteiger partial charge < -0.3 is 10.1 Å². The van der Waals surface area contributed by atoms with Crippen molar-refractivity contribution >= 4 is 34.6 Å². The van der Waals surface area contributed by atoms with Crippen LogP contribution in [0.4, 0.5) is 0 Å². The molecule has 1 aromatic heterocycles. The summed E-state index contributed by atoms with van der Waals surface area (Å²) >= 11 is 7.23. The minimum atomic E-state index is -0.480. The Balaban J connectivity index is 1.68. The summed E-state index contributed by atoms with van der Waals surface area (Å²) in [4.78, 5) is 17.3. The maximum atomic E-state index is 12.0. The highest BCUT2D eigenvalue weighted by atomic mass is 35.5. The van der Waals surface area contributed by atoms with Gasteiger partial charge in [0.05, 0.1) is 21.8 Å². The number of nitrogens with one attached hydrogen (secondary N) is 1. The zero-order chi connectivity index (χ0) is 17.8. The molecule has 0 bridgehead atoms. The number of hydrogen-bond acceptors (Lipinski definition) is 5. The topological polar surface area (TPSA) is 63.0 Å². The summed E-state index contributed by atoms with van der Waals surface area (Å²) in [6.45, 7) is 1.76. The van der Waals surface area contributed by atoms with Gasteiger partial charge in [-0.3, -0.25) is 0 Å². The average Bonchev–Trinajstić information content (AvgIpc) is 3.02. The molecule has 6 heteroatoms. The van der Waals surface area contributed by atoms with Crippen molar-refractivity contribution in [3.8, 4) is 10.6 Å². The molecule has 0 saturated heterocycles. The predicted octanol–water partition coefficient (Wildman–Crippen LogP) is 5.00. The van der Waals surface area contributed by atoms with Crippen LogP contribution in [0.25, 0.3) is 10.6 Å². The smallest absolute Gasteiger partial charge is 0.338 e. The number of aromatic nitrogens is 1. The quantitative estimate of drug-likeness (QED) is 0.508. The van der Waals surface area contributed by atoms with Gasteiger partial charge in [-0.15, -0.1) is 11.3 Å². The zero-order valence-corrected chi connectivity index (χ0v) is 15.0. The van der Waals surface area contributed by atoms with E-state index in [9.17, 15) is 4.79 Å². The standard InChI is InChI=1S/C19H15ClN2O2S/c1-12-17(25-18(22-12)13-5-3-2-4-6-13)16(21)11-24-19(23)14-7-9-15(20)10-8-14/h2-10,21H,11H2,1H3. The number of aryl methyl sites for hydroxylation is 1. The monoisotopic (exact) mass is 370 g/mol. The molecule has 1 N–H and O–H groups in total. The van der Waals surface area contributed by atoms with Crippen LogP contribution in [-0.2, 0) is 4.74 Å². The Kier molecular flexibility index (Phi) is 5.26. The minimum Gasteiger partial charge on any atom is -0.456 e. The third-order valence-electron chi connectivity index (χ3n) is 3.52. The summed E-state index contributed by atoms with van der Waals surface area (Å²) < 4.78 is 5.23. The van der Waals surface area contributed by atoms with Crippen LogP contribution < -0.4 is 0 Å². The molecule has 126 valence electrons. The summed E-state index contributed by atoms with van der Waals surface area (Å²) in [5.41, 5.74) is 2.41. The van der Waals surface area contributed by atoms with Crippen LogP contribution in [0.1, 0.15) is 20.9 Å². The van der Waals surface area contributed by atoms with Crippen LogP contribution in [0.5, 0.6) is 0 Å². The van der Waals surface area contributed by atoms with Gasteiger partial charge in [-0.05, 0) is 31.2 Å². The fourth-order valence-corrected chi connectivity index (χ4v) is 3.38. The highest BCUT2D eigenvalue weighted by Crippen LogP contribution is 2.28. The largest absolute Gasteiger partial charge is 0.456 e. The Morgan fingerprint density at radius 3 is 2.52 bits per heavy atom. The van der Waals surface area contributed by atoms with Crippen molar-refractivity contribution in [3.63, 3.8) is 0 Å². The number of carbonyl (C=O) groups is 1. The van der Waals surface area contributed by atoms with Crippen LogP contribution in [-0.4, -0.2) is 23.3 Å². The first kappa shape index (κ1) is 17.3. The van der Waals surface area contributed by atoms with Crippen molar-refractivity contribution in [2.75, 3.05) is 6.61 Å². The molecule has 0 saturated carbocycles. The van der Waals surface area contributed by atoms with Crippen molar-refractivity contribution in [2.45, 2.75) is 6.92 Å². The van der Waals surface area contributed by atoms with E-state index < -0.39 is 5.97 Å². The van der Waals surface area contributed by atoms with E-state index in [1.54, 1.807) is 24.3 Å². The molecule has 0 amide bonds. The van der Waals surface area contributed by atoms with Gasteiger partial charge in [-0.25, -0.2) is 9.78 Å². The van der Waals surface area contributed by atoms with Crippen LogP contribution in [0.2, 0.25) is 5.02 Å². The summed E-state index contributed by atoms with van der Waals surface area (Å²) in [5.74, 6) is -0.480. The number of ether oxygens (including phenoxy) is 1. The van der Waals surface area contributed by atoms with Crippen LogP contribution in [0.15, 0.2) is 54.6 Å². The van der Waals surface area contributed by atoms with Gasteiger partial charge in [0.1, 0.15) is 11.6 Å². The van der Waals surface area contributed by atoms with Crippen LogP contribution in [0.3, 0.4) is 0 Å². The lowest BCUT2D eigenvalue weighted by Gasteiger charge is -2.05. The fraction of sp³-hybridized carbons (Fsp3) is 0.105. The van der Waals surface area contributed by atoms with Gasteiger partial charge in [0.2, 0.25) is 0 Å². The lowest BCUT2D eigenvalue weighted by atomic mass is 10.2. The predicted molar refractivity (Wildman–Crippen MR) is 101 cm³/mol. The van der Waals surface area contributed by atoms with Crippen molar-refractivity contribution in [3.05, 3.63) is 75.8 Å². The summed E-state index contributed by atoms with van der Waals surface area (Å²) in [6.07, 6.45) is 0. The van der Waals surface area contributed by atoms with Crippen molar-refractivity contribution in [1.29, 1.82) is 5.41 Å². The van der Waals surface area contributed by atoms with Crippen LogP contribution in [0, 0.1) is 12.3 Å². The van der Waals surface area contributed by atoms with Gasteiger partial charge >= 0.3 is 5.97 Å². The summed E-state index contributed by atoms with van der Waals surface area (Å²) in [6, 6.07) is 16.3. The number of halogens is 1. The Morgan fingerprint density at radius 2 is 1.84 bits per heavy atom. The first-order chi connectivity index (χ1) is 12.0. The second-order valence-corrected chi connectivity index (χ2v) is 6.80. The van der Waals surface area contributed by atoms with E-state index in [-0.39, 0.29) is 12.3 Å². The van der Waals surface area contributed by atoms with E-state index in [1.165, 1.54) is 11.3 Å². The van der Waals surface area contributed by atoms with E-state index in [4.69, 9.17) is 21.7 Å². The number of esters is 1. The van der Waals surface area contributed by atoms with Gasteiger partial charge in [0.25, 0.3) is 0 Å². The SMILES string of the molecule is Cc1nc(-c2ccccc2)sc1C(=N)COC(=O)c1ccc(Cl)cc1. The molecule has 0 atom stereocenters. The number of carbonyl (C=O) groups excluding carboxylic acids is 1. The average molecular weight is 371 g/mol. The Hall–Kier alpha value is -2.50. The second kappa shape index (κ2) is 7.59. The molecule has 2 aromatic carbocycles. The first-order valence-electron chi connectivity index (χ1n) is 7.58. The highest BCUT2D eigenvalue weighted by Gasteiger charge is 2.15. The zero-order valence-electron chi connectivity index (χ0n) is 13.5. The highest BCUT2D eigenvalue weighted by molar-refractivity contribution is 7.17. The number of nitrogens with zero attached hydrogens (tertiary/aromatic N) is 1. The maximum absolute atomic E-state index is 12.0. The van der Waals surface area contributed by atoms with Crippen molar-refractivity contribution in [2.24, 2.45) is 0 Å². The van der Waals surface area contributed by atoms with Gasteiger partial charge in [0, 0.05) is 10.6 Å². The Bertz CT molecular complexity index is 905. The van der Waals surface area contributed by atoms with E-state index >= 15 is 0 Å². The third-order valence-corrected chi connectivity index (χ3v) is 5.04. The van der Waals surface area contributed by atoms with Gasteiger partial charge in [-0.2, -0.15) is 0 Å². The normalized spacial score (nSPS) is 10.5. The van der Waals surface area contributed by atoms with Gasteiger partial charge in [0.15, 0.2) is 0 Å². The van der Waals surface area contributed by atoms with E-state index in [0.717, 1.165) is 21.1 Å². The summed E-state index contributed by atoms with van der Waals surface area (Å²) in [5, 5.41) is 9.61. The maximum Gasteiger partial charge on any atom is 0.338 e. The molecule has 0 aliphatic rings. The summed E-state index contributed by atoms with van der Waals surface area (Å²) in [7, 11) is 0. The molecular weight excluding hydrogens is 356 g/mol. The Labute approximate surface area is 154 Å². The number of benzene rings is 2. The van der Waals surface area contributed by atoms with E-state index in [2.05, 4.69) is 4.98 Å².